The second-order valence-electron chi connectivity index (χ2n) is 7.62. The lowest BCUT2D eigenvalue weighted by molar-refractivity contribution is -0.119. The number of amides is 1. The van der Waals surface area contributed by atoms with E-state index >= 15 is 0 Å². The number of anilines is 1. The van der Waals surface area contributed by atoms with Crippen molar-refractivity contribution in [2.75, 3.05) is 19.0 Å². The number of hydrogen-bond acceptors (Lipinski definition) is 4. The van der Waals surface area contributed by atoms with Crippen LogP contribution in [0.1, 0.15) is 18.3 Å². The Labute approximate surface area is 164 Å². The highest BCUT2D eigenvalue weighted by atomic mass is 16.2. The lowest BCUT2D eigenvalue weighted by Gasteiger charge is -2.24. The van der Waals surface area contributed by atoms with Crippen LogP contribution in [0.2, 0.25) is 0 Å². The topological polar surface area (TPSA) is 58.4 Å². The predicted octanol–water partition coefficient (Wildman–Crippen LogP) is 2.44. The summed E-state index contributed by atoms with van der Waals surface area (Å²) in [6.07, 6.45) is 0.831. The monoisotopic (exact) mass is 376 g/mol. The van der Waals surface area contributed by atoms with E-state index in [1.54, 1.807) is 6.07 Å². The van der Waals surface area contributed by atoms with Gasteiger partial charge in [0, 0.05) is 11.7 Å². The number of rotatable bonds is 4. The van der Waals surface area contributed by atoms with Gasteiger partial charge in [0.1, 0.15) is 12.4 Å². The molecule has 0 saturated carbocycles. The fourth-order valence-corrected chi connectivity index (χ4v) is 3.94. The van der Waals surface area contributed by atoms with Crippen molar-refractivity contribution in [1.82, 2.24) is 14.5 Å². The Morgan fingerprint density at radius 1 is 1.14 bits per heavy atom. The molecule has 1 aliphatic heterocycles. The van der Waals surface area contributed by atoms with Gasteiger partial charge in [0.2, 0.25) is 5.91 Å². The number of nitrogens with zero attached hydrogens (tertiary/aromatic N) is 4. The molecular formula is C22H24N4O2. The highest BCUT2D eigenvalue weighted by molar-refractivity contribution is 5.96. The third kappa shape index (κ3) is 3.20. The fraction of sp³-hybridized carbons (Fsp3) is 0.318. The number of carbonyl (C=O) groups is 1. The average molecular weight is 376 g/mol. The molecular weight excluding hydrogens is 352 g/mol. The Morgan fingerprint density at radius 2 is 1.86 bits per heavy atom. The van der Waals surface area contributed by atoms with Gasteiger partial charge in [-0.25, -0.2) is 4.98 Å². The number of fused-ring (bicyclic) bond motifs is 2. The first kappa shape index (κ1) is 18.4. The summed E-state index contributed by atoms with van der Waals surface area (Å²) in [5, 5.41) is 0.535. The molecule has 0 radical (unpaired) electrons. The van der Waals surface area contributed by atoms with Gasteiger partial charge in [-0.15, -0.1) is 0 Å². The normalized spacial score (nSPS) is 16.0. The smallest absolute Gasteiger partial charge is 0.261 e. The molecule has 4 rings (SSSR count). The van der Waals surface area contributed by atoms with Gasteiger partial charge in [0.05, 0.1) is 17.4 Å². The number of benzene rings is 2. The van der Waals surface area contributed by atoms with E-state index in [0.717, 1.165) is 12.1 Å². The summed E-state index contributed by atoms with van der Waals surface area (Å²) >= 11 is 0. The first-order chi connectivity index (χ1) is 13.5. The van der Waals surface area contributed by atoms with Crippen LogP contribution in [0.3, 0.4) is 0 Å². The van der Waals surface area contributed by atoms with Gasteiger partial charge in [-0.05, 0) is 51.2 Å². The number of aromatic nitrogens is 2. The summed E-state index contributed by atoms with van der Waals surface area (Å²) in [5.74, 6) is 0.513. The largest absolute Gasteiger partial charge is 0.307 e. The van der Waals surface area contributed by atoms with Crippen molar-refractivity contribution in [3.05, 3.63) is 70.3 Å². The Kier molecular flexibility index (Phi) is 4.73. The van der Waals surface area contributed by atoms with Gasteiger partial charge in [-0.3, -0.25) is 14.2 Å². The lowest BCUT2D eigenvalue weighted by atomic mass is 10.1. The highest BCUT2D eigenvalue weighted by Crippen LogP contribution is 2.32. The van der Waals surface area contributed by atoms with Gasteiger partial charge < -0.3 is 9.80 Å². The highest BCUT2D eigenvalue weighted by Gasteiger charge is 2.31. The maximum absolute atomic E-state index is 13.2. The molecule has 1 unspecified atom stereocenters. The minimum absolute atomic E-state index is 0.0154. The Hall–Kier alpha value is -2.99. The second-order valence-corrected chi connectivity index (χ2v) is 7.62. The van der Waals surface area contributed by atoms with Crippen LogP contribution in [0.5, 0.6) is 0 Å². The molecule has 1 aliphatic rings. The van der Waals surface area contributed by atoms with E-state index in [0.29, 0.717) is 23.3 Å². The van der Waals surface area contributed by atoms with Crippen molar-refractivity contribution in [2.24, 2.45) is 0 Å². The number of hydrogen-bond donors (Lipinski definition) is 0. The van der Waals surface area contributed by atoms with Gasteiger partial charge in [0.15, 0.2) is 0 Å². The number of para-hydroxylation sites is 2. The lowest BCUT2D eigenvalue weighted by Crippen LogP contribution is -2.41. The van der Waals surface area contributed by atoms with Gasteiger partial charge in [-0.2, -0.15) is 0 Å². The van der Waals surface area contributed by atoms with Crippen molar-refractivity contribution in [3.8, 4) is 0 Å². The summed E-state index contributed by atoms with van der Waals surface area (Å²) < 4.78 is 1.53. The molecule has 0 aliphatic carbocycles. The molecule has 1 atom stereocenters. The van der Waals surface area contributed by atoms with Gasteiger partial charge >= 0.3 is 0 Å². The van der Waals surface area contributed by atoms with Crippen LogP contribution in [0, 0.1) is 0 Å². The molecule has 3 aromatic rings. The van der Waals surface area contributed by atoms with Crippen LogP contribution in [0.15, 0.2) is 53.3 Å². The van der Waals surface area contributed by atoms with Crippen LogP contribution >= 0.6 is 0 Å². The zero-order valence-electron chi connectivity index (χ0n) is 16.4. The van der Waals surface area contributed by atoms with E-state index in [4.69, 9.17) is 0 Å². The molecule has 1 amide bonds. The van der Waals surface area contributed by atoms with Crippen molar-refractivity contribution in [3.63, 3.8) is 0 Å². The molecule has 2 aromatic carbocycles. The second kappa shape index (κ2) is 7.20. The zero-order valence-corrected chi connectivity index (χ0v) is 16.4. The Bertz CT molecular complexity index is 1100. The van der Waals surface area contributed by atoms with Crippen LogP contribution in [0.25, 0.3) is 10.9 Å². The molecule has 28 heavy (non-hydrogen) atoms. The van der Waals surface area contributed by atoms with E-state index in [-0.39, 0.29) is 24.1 Å². The molecule has 2 heterocycles. The van der Waals surface area contributed by atoms with Crippen molar-refractivity contribution in [1.29, 1.82) is 0 Å². The summed E-state index contributed by atoms with van der Waals surface area (Å²) in [7, 11) is 3.85. The van der Waals surface area contributed by atoms with Crippen LogP contribution in [-0.2, 0) is 24.3 Å². The molecule has 0 saturated heterocycles. The van der Waals surface area contributed by atoms with Crippen molar-refractivity contribution < 1.29 is 4.79 Å². The average Bonchev–Trinajstić information content (AvgIpc) is 3.00. The van der Waals surface area contributed by atoms with E-state index in [1.165, 1.54) is 10.1 Å². The maximum Gasteiger partial charge on any atom is 0.261 e. The summed E-state index contributed by atoms with van der Waals surface area (Å²) in [4.78, 5) is 34.8. The molecule has 144 valence electrons. The van der Waals surface area contributed by atoms with Crippen LogP contribution < -0.4 is 10.5 Å². The number of carbonyl (C=O) groups excluding carboxylic acids is 1. The molecule has 0 bridgehead atoms. The third-order valence-electron chi connectivity index (χ3n) is 5.17. The third-order valence-corrected chi connectivity index (χ3v) is 5.17. The molecule has 6 nitrogen and oxygen atoms in total. The SMILES string of the molecule is CC1Cc2ccccc2N1C(=O)Cn1c(CN(C)C)nc2ccccc2c1=O. The minimum Gasteiger partial charge on any atom is -0.307 e. The van der Waals surface area contributed by atoms with Crippen molar-refractivity contribution in [2.45, 2.75) is 32.5 Å². The quantitative estimate of drug-likeness (QED) is 0.702. The van der Waals surface area contributed by atoms with E-state index < -0.39 is 0 Å². The Morgan fingerprint density at radius 3 is 2.64 bits per heavy atom. The summed E-state index contributed by atoms with van der Waals surface area (Å²) in [6.45, 7) is 2.51. The molecule has 0 N–H and O–H groups in total. The van der Waals surface area contributed by atoms with Crippen LogP contribution in [-0.4, -0.2) is 40.5 Å². The van der Waals surface area contributed by atoms with E-state index in [9.17, 15) is 9.59 Å². The van der Waals surface area contributed by atoms with E-state index in [1.807, 2.05) is 67.2 Å². The minimum atomic E-state index is -0.170. The first-order valence-electron chi connectivity index (χ1n) is 9.49. The van der Waals surface area contributed by atoms with Gasteiger partial charge in [0.25, 0.3) is 5.56 Å². The van der Waals surface area contributed by atoms with Crippen molar-refractivity contribution >= 4 is 22.5 Å². The van der Waals surface area contributed by atoms with Gasteiger partial charge in [-0.1, -0.05) is 30.3 Å². The zero-order chi connectivity index (χ0) is 19.8. The molecule has 1 aromatic heterocycles. The predicted molar refractivity (Wildman–Crippen MR) is 110 cm³/mol. The first-order valence-corrected chi connectivity index (χ1v) is 9.49. The summed E-state index contributed by atoms with van der Waals surface area (Å²) in [6, 6.07) is 15.3. The van der Waals surface area contributed by atoms with Crippen LogP contribution in [0.4, 0.5) is 5.69 Å². The standard InChI is InChI=1S/C22H24N4O2/c1-15-12-16-8-4-7-11-19(16)26(15)21(27)14-25-20(13-24(2)3)23-18-10-6-5-9-17(18)22(25)28/h4-11,15H,12-14H2,1-3H3. The van der Waals surface area contributed by atoms with E-state index in [2.05, 4.69) is 11.1 Å². The molecule has 0 spiro atoms. The summed E-state index contributed by atoms with van der Waals surface area (Å²) in [5.41, 5.74) is 2.60. The molecule has 6 heteroatoms. The molecule has 0 fully saturated rings. The maximum atomic E-state index is 13.2. The fourth-order valence-electron chi connectivity index (χ4n) is 3.94. The Balaban J connectivity index is 1.76.